The number of hydrogen-bond acceptors (Lipinski definition) is 3. The molecular formula is C17H27NO2. The van der Waals surface area contributed by atoms with E-state index in [1.54, 1.807) is 7.11 Å². The topological polar surface area (TPSA) is 30.5 Å². The molecule has 0 aromatic heterocycles. The standard InChI is InChI=1S/C17H27NO2/c1-19-12-13-20-17-11-7-10-16(14-17)18-15-8-5-3-2-4-6-9-15/h7,10-11,14-15,18H,2-6,8-9,12-13H2,1H3. The third-order valence-corrected chi connectivity index (χ3v) is 3.87. The van der Waals surface area contributed by atoms with Crippen molar-refractivity contribution in [2.45, 2.75) is 51.0 Å². The number of methoxy groups -OCH3 is 1. The molecule has 2 rings (SSSR count). The van der Waals surface area contributed by atoms with Crippen molar-refractivity contribution in [2.75, 3.05) is 25.6 Å². The van der Waals surface area contributed by atoms with Crippen molar-refractivity contribution >= 4 is 5.69 Å². The molecule has 0 amide bonds. The van der Waals surface area contributed by atoms with Crippen LogP contribution in [0.5, 0.6) is 5.75 Å². The highest BCUT2D eigenvalue weighted by atomic mass is 16.5. The Hall–Kier alpha value is -1.22. The Bertz CT molecular complexity index is 373. The van der Waals surface area contributed by atoms with Crippen molar-refractivity contribution < 1.29 is 9.47 Å². The Balaban J connectivity index is 1.85. The Kier molecular flexibility index (Phi) is 6.72. The van der Waals surface area contributed by atoms with E-state index in [1.165, 1.54) is 50.6 Å². The van der Waals surface area contributed by atoms with Crippen LogP contribution in [0, 0.1) is 0 Å². The van der Waals surface area contributed by atoms with Gasteiger partial charge in [-0.3, -0.25) is 0 Å². The fourth-order valence-electron chi connectivity index (χ4n) is 2.75. The summed E-state index contributed by atoms with van der Waals surface area (Å²) in [6, 6.07) is 8.88. The summed E-state index contributed by atoms with van der Waals surface area (Å²) in [5.41, 5.74) is 1.17. The van der Waals surface area contributed by atoms with Gasteiger partial charge in [-0.2, -0.15) is 0 Å². The summed E-state index contributed by atoms with van der Waals surface area (Å²) in [7, 11) is 1.69. The van der Waals surface area contributed by atoms with Crippen molar-refractivity contribution in [2.24, 2.45) is 0 Å². The molecule has 112 valence electrons. The lowest BCUT2D eigenvalue weighted by Crippen LogP contribution is -2.20. The van der Waals surface area contributed by atoms with E-state index in [0.717, 1.165) is 5.75 Å². The summed E-state index contributed by atoms with van der Waals surface area (Å²) >= 11 is 0. The van der Waals surface area contributed by atoms with Gasteiger partial charge in [0, 0.05) is 24.9 Å². The van der Waals surface area contributed by atoms with Crippen LogP contribution in [-0.2, 0) is 4.74 Å². The highest BCUT2D eigenvalue weighted by Gasteiger charge is 2.11. The molecule has 0 atom stereocenters. The minimum atomic E-state index is 0.601. The van der Waals surface area contributed by atoms with Crippen molar-refractivity contribution in [1.82, 2.24) is 0 Å². The maximum absolute atomic E-state index is 5.66. The van der Waals surface area contributed by atoms with Crippen LogP contribution in [0.25, 0.3) is 0 Å². The van der Waals surface area contributed by atoms with Gasteiger partial charge in [-0.15, -0.1) is 0 Å². The lowest BCUT2D eigenvalue weighted by Gasteiger charge is -2.22. The van der Waals surface area contributed by atoms with Gasteiger partial charge < -0.3 is 14.8 Å². The van der Waals surface area contributed by atoms with Crippen molar-refractivity contribution in [1.29, 1.82) is 0 Å². The molecule has 3 nitrogen and oxygen atoms in total. The second-order valence-corrected chi connectivity index (χ2v) is 5.56. The smallest absolute Gasteiger partial charge is 0.121 e. The molecule has 1 aliphatic carbocycles. The Morgan fingerprint density at radius 1 is 1.05 bits per heavy atom. The molecule has 0 aliphatic heterocycles. The molecule has 3 heteroatoms. The van der Waals surface area contributed by atoms with Crippen molar-refractivity contribution in [3.05, 3.63) is 24.3 Å². The number of hydrogen-bond donors (Lipinski definition) is 1. The molecule has 0 spiro atoms. The quantitative estimate of drug-likeness (QED) is 0.789. The predicted octanol–water partition coefficient (Wildman–Crippen LogP) is 4.24. The summed E-state index contributed by atoms with van der Waals surface area (Å²) in [4.78, 5) is 0. The van der Waals surface area contributed by atoms with Crippen LogP contribution >= 0.6 is 0 Å². The maximum atomic E-state index is 5.66. The minimum absolute atomic E-state index is 0.601. The molecule has 1 aromatic carbocycles. The first-order valence-electron chi connectivity index (χ1n) is 7.87. The Labute approximate surface area is 122 Å². The first kappa shape index (κ1) is 15.2. The number of nitrogens with one attached hydrogen (secondary N) is 1. The van der Waals surface area contributed by atoms with Gasteiger partial charge in [-0.25, -0.2) is 0 Å². The van der Waals surface area contributed by atoms with E-state index in [1.807, 2.05) is 12.1 Å². The lowest BCUT2D eigenvalue weighted by atomic mass is 9.96. The molecule has 0 unspecified atom stereocenters. The number of rotatable bonds is 6. The highest BCUT2D eigenvalue weighted by Crippen LogP contribution is 2.23. The van der Waals surface area contributed by atoms with E-state index in [4.69, 9.17) is 9.47 Å². The van der Waals surface area contributed by atoms with Gasteiger partial charge in [0.1, 0.15) is 12.4 Å². The molecular weight excluding hydrogens is 250 g/mol. The summed E-state index contributed by atoms with van der Waals surface area (Å²) < 4.78 is 10.7. The summed E-state index contributed by atoms with van der Waals surface area (Å²) in [6.07, 6.45) is 9.46. The molecule has 1 aromatic rings. The number of ether oxygens (including phenoxy) is 2. The zero-order valence-corrected chi connectivity index (χ0v) is 12.6. The average Bonchev–Trinajstić information content (AvgIpc) is 2.43. The third-order valence-electron chi connectivity index (χ3n) is 3.87. The van der Waals surface area contributed by atoms with Gasteiger partial charge in [-0.1, -0.05) is 38.2 Å². The van der Waals surface area contributed by atoms with Gasteiger partial charge in [0.05, 0.1) is 6.61 Å². The highest BCUT2D eigenvalue weighted by molar-refractivity contribution is 5.48. The summed E-state index contributed by atoms with van der Waals surface area (Å²) in [5, 5.41) is 3.67. The van der Waals surface area contributed by atoms with Crippen LogP contribution < -0.4 is 10.1 Å². The largest absolute Gasteiger partial charge is 0.491 e. The molecule has 1 N–H and O–H groups in total. The van der Waals surface area contributed by atoms with Crippen LogP contribution in [0.1, 0.15) is 44.9 Å². The lowest BCUT2D eigenvalue weighted by molar-refractivity contribution is 0.146. The molecule has 0 heterocycles. The van der Waals surface area contributed by atoms with Crippen LogP contribution in [0.4, 0.5) is 5.69 Å². The fraction of sp³-hybridized carbons (Fsp3) is 0.647. The van der Waals surface area contributed by atoms with Gasteiger partial charge >= 0.3 is 0 Å². The van der Waals surface area contributed by atoms with Crippen molar-refractivity contribution in [3.63, 3.8) is 0 Å². The fourth-order valence-corrected chi connectivity index (χ4v) is 2.75. The Morgan fingerprint density at radius 3 is 2.55 bits per heavy atom. The first-order valence-corrected chi connectivity index (χ1v) is 7.87. The summed E-state index contributed by atoms with van der Waals surface area (Å²) in [6.45, 7) is 1.23. The zero-order valence-electron chi connectivity index (χ0n) is 12.6. The first-order chi connectivity index (χ1) is 9.88. The SMILES string of the molecule is COCCOc1cccc(NC2CCCCCCC2)c1. The monoisotopic (exact) mass is 277 g/mol. The van der Waals surface area contributed by atoms with Gasteiger partial charge in [0.15, 0.2) is 0 Å². The van der Waals surface area contributed by atoms with Gasteiger partial charge in [0.2, 0.25) is 0 Å². The molecule has 0 saturated heterocycles. The van der Waals surface area contributed by atoms with E-state index >= 15 is 0 Å². The van der Waals surface area contributed by atoms with Gasteiger partial charge in [-0.05, 0) is 25.0 Å². The van der Waals surface area contributed by atoms with Gasteiger partial charge in [0.25, 0.3) is 0 Å². The number of anilines is 1. The summed E-state index contributed by atoms with van der Waals surface area (Å²) in [5.74, 6) is 0.915. The van der Waals surface area contributed by atoms with E-state index in [-0.39, 0.29) is 0 Å². The maximum Gasteiger partial charge on any atom is 0.121 e. The van der Waals surface area contributed by atoms with E-state index in [0.29, 0.717) is 19.3 Å². The van der Waals surface area contributed by atoms with E-state index < -0.39 is 0 Å². The third kappa shape index (κ3) is 5.41. The van der Waals surface area contributed by atoms with Crippen LogP contribution in [0.2, 0.25) is 0 Å². The predicted molar refractivity (Wildman–Crippen MR) is 83.5 cm³/mol. The normalized spacial score (nSPS) is 17.2. The van der Waals surface area contributed by atoms with E-state index in [2.05, 4.69) is 17.4 Å². The van der Waals surface area contributed by atoms with E-state index in [9.17, 15) is 0 Å². The average molecular weight is 277 g/mol. The second-order valence-electron chi connectivity index (χ2n) is 5.56. The molecule has 1 saturated carbocycles. The molecule has 1 fully saturated rings. The van der Waals surface area contributed by atoms with Crippen LogP contribution in [0.3, 0.4) is 0 Å². The second kappa shape index (κ2) is 8.85. The molecule has 1 aliphatic rings. The minimum Gasteiger partial charge on any atom is -0.491 e. The Morgan fingerprint density at radius 2 is 1.80 bits per heavy atom. The molecule has 20 heavy (non-hydrogen) atoms. The van der Waals surface area contributed by atoms with Crippen LogP contribution in [0.15, 0.2) is 24.3 Å². The van der Waals surface area contributed by atoms with Crippen LogP contribution in [-0.4, -0.2) is 26.4 Å². The van der Waals surface area contributed by atoms with Crippen molar-refractivity contribution in [3.8, 4) is 5.75 Å². The molecule has 0 bridgehead atoms. The molecule has 0 radical (unpaired) electrons. The zero-order chi connectivity index (χ0) is 14.0. The number of benzene rings is 1.